The Morgan fingerprint density at radius 2 is 1.89 bits per heavy atom. The van der Waals surface area contributed by atoms with E-state index in [0.29, 0.717) is 24.7 Å². The minimum atomic E-state index is -0.426. The zero-order chi connectivity index (χ0) is 13.3. The van der Waals surface area contributed by atoms with Crippen molar-refractivity contribution in [3.63, 3.8) is 0 Å². The highest BCUT2D eigenvalue weighted by Gasteiger charge is 2.26. The van der Waals surface area contributed by atoms with Gasteiger partial charge >= 0.3 is 0 Å². The van der Waals surface area contributed by atoms with Crippen LogP contribution in [0, 0.1) is 5.41 Å². The van der Waals surface area contributed by atoms with E-state index in [1.54, 1.807) is 0 Å². The van der Waals surface area contributed by atoms with Crippen LogP contribution < -0.4 is 15.2 Å². The lowest BCUT2D eigenvalue weighted by Crippen LogP contribution is -2.26. The van der Waals surface area contributed by atoms with Gasteiger partial charge in [-0.05, 0) is 17.7 Å². The highest BCUT2D eigenvalue weighted by molar-refractivity contribution is 9.10. The van der Waals surface area contributed by atoms with Crippen LogP contribution in [0.25, 0.3) is 0 Å². The maximum atomic E-state index is 9.14. The third kappa shape index (κ3) is 2.79. The molecule has 1 aliphatic heterocycles. The lowest BCUT2D eigenvalue weighted by Gasteiger charge is -2.19. The molecule has 1 aromatic carbocycles. The number of aliphatic hydroxyl groups excluding tert-OH is 1. The van der Waals surface area contributed by atoms with Crippen molar-refractivity contribution in [1.82, 2.24) is 0 Å². The Morgan fingerprint density at radius 3 is 2.44 bits per heavy atom. The molecule has 0 radical (unpaired) electrons. The second-order valence-corrected chi connectivity index (χ2v) is 6.21. The first-order valence-corrected chi connectivity index (χ1v) is 6.68. The molecule has 100 valence electrons. The van der Waals surface area contributed by atoms with E-state index in [2.05, 4.69) is 29.8 Å². The summed E-state index contributed by atoms with van der Waals surface area (Å²) in [7, 11) is 0. The summed E-state index contributed by atoms with van der Waals surface area (Å²) in [5, 5.41) is 9.14. The average molecular weight is 316 g/mol. The van der Waals surface area contributed by atoms with Gasteiger partial charge in [0.2, 0.25) is 0 Å². The van der Waals surface area contributed by atoms with Crippen LogP contribution in [0.2, 0.25) is 0 Å². The van der Waals surface area contributed by atoms with Gasteiger partial charge in [-0.25, -0.2) is 0 Å². The molecule has 3 N–H and O–H groups in total. The van der Waals surface area contributed by atoms with Crippen molar-refractivity contribution in [1.29, 1.82) is 0 Å². The molecule has 0 spiro atoms. The topological polar surface area (TPSA) is 64.7 Å². The van der Waals surface area contributed by atoms with Crippen LogP contribution >= 0.6 is 15.9 Å². The zero-order valence-electron chi connectivity index (χ0n) is 10.6. The van der Waals surface area contributed by atoms with E-state index in [4.69, 9.17) is 20.3 Å². The summed E-state index contributed by atoms with van der Waals surface area (Å²) in [6, 6.07) is 3.26. The summed E-state index contributed by atoms with van der Waals surface area (Å²) in [5.41, 5.74) is 6.64. The molecule has 1 aromatic rings. The lowest BCUT2D eigenvalue weighted by molar-refractivity contribution is 0.140. The molecule has 0 aromatic heterocycles. The highest BCUT2D eigenvalue weighted by Crippen LogP contribution is 2.39. The number of halogens is 1. The molecule has 1 heterocycles. The normalized spacial score (nSPS) is 19.2. The fraction of sp³-hybridized carbons (Fsp3) is 0.538. The molecule has 0 bridgehead atoms. The number of nitrogens with two attached hydrogens (primary N) is 1. The van der Waals surface area contributed by atoms with E-state index in [-0.39, 0.29) is 12.0 Å². The van der Waals surface area contributed by atoms with Crippen LogP contribution in [-0.4, -0.2) is 24.9 Å². The second-order valence-electron chi connectivity index (χ2n) is 5.35. The summed E-state index contributed by atoms with van der Waals surface area (Å²) in [6.07, 6.45) is 0. The number of rotatable bonds is 2. The van der Waals surface area contributed by atoms with Gasteiger partial charge in [0.25, 0.3) is 0 Å². The third-order valence-electron chi connectivity index (χ3n) is 2.90. The van der Waals surface area contributed by atoms with Crippen molar-refractivity contribution >= 4 is 15.9 Å². The molecular weight excluding hydrogens is 298 g/mol. The van der Waals surface area contributed by atoms with Gasteiger partial charge in [-0.3, -0.25) is 0 Å². The molecule has 1 atom stereocenters. The van der Waals surface area contributed by atoms with Gasteiger partial charge in [0, 0.05) is 9.89 Å². The Balaban J connectivity index is 2.35. The van der Waals surface area contributed by atoms with E-state index in [1.165, 1.54) is 0 Å². The Kier molecular flexibility index (Phi) is 3.84. The maximum Gasteiger partial charge on any atom is 0.162 e. The Bertz CT molecular complexity index is 448. The standard InChI is InChI=1S/C13H18BrNO3/c1-13(2)6-17-11-3-8(10(15)5-16)9(14)4-12(11)18-7-13/h3-4,10,16H,5-7,15H2,1-2H3. The molecule has 0 aliphatic carbocycles. The van der Waals surface area contributed by atoms with E-state index >= 15 is 0 Å². The van der Waals surface area contributed by atoms with Crippen LogP contribution in [0.15, 0.2) is 16.6 Å². The second kappa shape index (κ2) is 5.07. The molecule has 0 saturated carbocycles. The van der Waals surface area contributed by atoms with Gasteiger partial charge in [-0.1, -0.05) is 29.8 Å². The van der Waals surface area contributed by atoms with Gasteiger partial charge in [-0.15, -0.1) is 0 Å². The van der Waals surface area contributed by atoms with Crippen molar-refractivity contribution in [2.24, 2.45) is 11.1 Å². The van der Waals surface area contributed by atoms with Gasteiger partial charge in [0.15, 0.2) is 11.5 Å². The van der Waals surface area contributed by atoms with Crippen LogP contribution in [-0.2, 0) is 0 Å². The number of hydrogen-bond acceptors (Lipinski definition) is 4. The summed E-state index contributed by atoms with van der Waals surface area (Å²) in [5.74, 6) is 1.39. The van der Waals surface area contributed by atoms with Crippen molar-refractivity contribution in [3.05, 3.63) is 22.2 Å². The number of aliphatic hydroxyl groups is 1. The van der Waals surface area contributed by atoms with Crippen molar-refractivity contribution < 1.29 is 14.6 Å². The SMILES string of the molecule is CC1(C)COc2cc(Br)c(C(N)CO)cc2OC1. The van der Waals surface area contributed by atoms with Crippen molar-refractivity contribution in [2.45, 2.75) is 19.9 Å². The summed E-state index contributed by atoms with van der Waals surface area (Å²) in [4.78, 5) is 0. The molecular formula is C13H18BrNO3. The average Bonchev–Trinajstić information content (AvgIpc) is 2.47. The van der Waals surface area contributed by atoms with Crippen LogP contribution in [0.5, 0.6) is 11.5 Å². The van der Waals surface area contributed by atoms with E-state index in [0.717, 1.165) is 10.0 Å². The molecule has 0 fully saturated rings. The number of ether oxygens (including phenoxy) is 2. The minimum Gasteiger partial charge on any atom is -0.489 e. The molecule has 1 unspecified atom stereocenters. The van der Waals surface area contributed by atoms with Gasteiger partial charge < -0.3 is 20.3 Å². The lowest BCUT2D eigenvalue weighted by atomic mass is 9.97. The van der Waals surface area contributed by atoms with E-state index in [9.17, 15) is 0 Å². The summed E-state index contributed by atoms with van der Waals surface area (Å²) >= 11 is 3.44. The molecule has 2 rings (SSSR count). The zero-order valence-corrected chi connectivity index (χ0v) is 12.2. The van der Waals surface area contributed by atoms with Crippen LogP contribution in [0.1, 0.15) is 25.5 Å². The smallest absolute Gasteiger partial charge is 0.162 e. The van der Waals surface area contributed by atoms with Crippen LogP contribution in [0.4, 0.5) is 0 Å². The number of fused-ring (bicyclic) bond motifs is 1. The largest absolute Gasteiger partial charge is 0.489 e. The monoisotopic (exact) mass is 315 g/mol. The summed E-state index contributed by atoms with van der Waals surface area (Å²) in [6.45, 7) is 5.28. The Labute approximate surface area is 115 Å². The molecule has 5 heteroatoms. The molecule has 4 nitrogen and oxygen atoms in total. The minimum absolute atomic E-state index is 0.0231. The van der Waals surface area contributed by atoms with E-state index < -0.39 is 6.04 Å². The molecule has 0 saturated heterocycles. The third-order valence-corrected chi connectivity index (χ3v) is 3.58. The number of hydrogen-bond donors (Lipinski definition) is 2. The molecule has 0 amide bonds. The first kappa shape index (κ1) is 13.6. The van der Waals surface area contributed by atoms with Gasteiger partial charge in [0.05, 0.1) is 25.9 Å². The quantitative estimate of drug-likeness (QED) is 0.878. The van der Waals surface area contributed by atoms with Crippen LogP contribution in [0.3, 0.4) is 0 Å². The predicted molar refractivity (Wildman–Crippen MR) is 72.9 cm³/mol. The highest BCUT2D eigenvalue weighted by atomic mass is 79.9. The first-order valence-electron chi connectivity index (χ1n) is 5.88. The Hall–Kier alpha value is -0.780. The fourth-order valence-electron chi connectivity index (χ4n) is 1.75. The van der Waals surface area contributed by atoms with Crippen molar-refractivity contribution in [2.75, 3.05) is 19.8 Å². The Morgan fingerprint density at radius 1 is 1.33 bits per heavy atom. The number of benzene rings is 1. The summed E-state index contributed by atoms with van der Waals surface area (Å²) < 4.78 is 12.4. The fourth-order valence-corrected chi connectivity index (χ4v) is 2.36. The predicted octanol–water partition coefficient (Wildman–Crippen LogP) is 2.24. The van der Waals surface area contributed by atoms with Gasteiger partial charge in [-0.2, -0.15) is 0 Å². The van der Waals surface area contributed by atoms with Gasteiger partial charge in [0.1, 0.15) is 0 Å². The molecule has 18 heavy (non-hydrogen) atoms. The van der Waals surface area contributed by atoms with Crippen molar-refractivity contribution in [3.8, 4) is 11.5 Å². The maximum absolute atomic E-state index is 9.14. The molecule has 1 aliphatic rings. The first-order chi connectivity index (χ1) is 8.43. The van der Waals surface area contributed by atoms with E-state index in [1.807, 2.05) is 12.1 Å².